The lowest BCUT2D eigenvalue weighted by molar-refractivity contribution is -0.135. The summed E-state index contributed by atoms with van der Waals surface area (Å²) in [6.07, 6.45) is 3.17. The molecule has 2 saturated heterocycles. The van der Waals surface area contributed by atoms with E-state index in [4.69, 9.17) is 0 Å². The number of hydrogen-bond donors (Lipinski definition) is 2. The average Bonchev–Trinajstić information content (AvgIpc) is 3.17. The molecule has 2 aliphatic heterocycles. The minimum Gasteiger partial charge on any atom is -0.339 e. The number of carbonyl (C=O) groups excluding carboxylic acids is 1. The summed E-state index contributed by atoms with van der Waals surface area (Å²) in [6, 6.07) is 15.5. The van der Waals surface area contributed by atoms with Crippen molar-refractivity contribution in [2.24, 2.45) is 0 Å². The molecule has 4 rings (SSSR count). The highest BCUT2D eigenvalue weighted by molar-refractivity contribution is 5.85. The molecule has 2 fully saturated rings. The number of fused-ring (bicyclic) bond motifs is 1. The molecule has 27 heavy (non-hydrogen) atoms. The van der Waals surface area contributed by atoms with E-state index < -0.39 is 0 Å². The molecule has 2 aromatic carbocycles. The lowest BCUT2D eigenvalue weighted by Crippen LogP contribution is -2.53. The molecule has 0 aliphatic carbocycles. The highest BCUT2D eigenvalue weighted by atomic mass is 16.2. The van der Waals surface area contributed by atoms with Crippen LogP contribution in [0.1, 0.15) is 31.7 Å². The van der Waals surface area contributed by atoms with Crippen molar-refractivity contribution in [1.82, 2.24) is 20.7 Å². The van der Waals surface area contributed by atoms with Gasteiger partial charge in [-0.1, -0.05) is 55.8 Å². The first-order chi connectivity index (χ1) is 13.2. The van der Waals surface area contributed by atoms with Gasteiger partial charge in [0.25, 0.3) is 0 Å². The highest BCUT2D eigenvalue weighted by Gasteiger charge is 2.33. The van der Waals surface area contributed by atoms with Gasteiger partial charge < -0.3 is 4.90 Å². The van der Waals surface area contributed by atoms with Gasteiger partial charge in [0.2, 0.25) is 5.91 Å². The summed E-state index contributed by atoms with van der Waals surface area (Å²) in [4.78, 5) is 17.3. The van der Waals surface area contributed by atoms with Crippen LogP contribution < -0.4 is 10.9 Å². The summed E-state index contributed by atoms with van der Waals surface area (Å²) in [6.45, 7) is 6.65. The molecule has 0 spiro atoms. The van der Waals surface area contributed by atoms with Crippen LogP contribution in [0.15, 0.2) is 42.5 Å². The van der Waals surface area contributed by atoms with Crippen molar-refractivity contribution >= 4 is 16.7 Å². The van der Waals surface area contributed by atoms with Gasteiger partial charge in [-0.3, -0.25) is 15.1 Å². The van der Waals surface area contributed by atoms with E-state index in [1.165, 1.54) is 16.3 Å². The van der Waals surface area contributed by atoms with Crippen molar-refractivity contribution in [2.45, 2.75) is 44.8 Å². The quantitative estimate of drug-likeness (QED) is 0.854. The Morgan fingerprint density at radius 1 is 1.04 bits per heavy atom. The van der Waals surface area contributed by atoms with E-state index in [0.717, 1.165) is 52.0 Å². The molecule has 2 aromatic rings. The molecule has 0 aromatic heterocycles. The van der Waals surface area contributed by atoms with Gasteiger partial charge in [0.15, 0.2) is 0 Å². The lowest BCUT2D eigenvalue weighted by atomic mass is 10.0. The fourth-order valence-electron chi connectivity index (χ4n) is 4.34. The van der Waals surface area contributed by atoms with E-state index in [1.54, 1.807) is 0 Å². The first-order valence-electron chi connectivity index (χ1n) is 10.2. The molecule has 0 saturated carbocycles. The van der Waals surface area contributed by atoms with Crippen LogP contribution in [0.3, 0.4) is 0 Å². The molecule has 5 nitrogen and oxygen atoms in total. The predicted molar refractivity (Wildman–Crippen MR) is 109 cm³/mol. The second-order valence-corrected chi connectivity index (χ2v) is 7.80. The minimum absolute atomic E-state index is 0.0637. The third-order valence-corrected chi connectivity index (χ3v) is 5.87. The number of amides is 1. The summed E-state index contributed by atoms with van der Waals surface area (Å²) in [5.74, 6) is 0.255. The molecule has 1 amide bonds. The van der Waals surface area contributed by atoms with Crippen LogP contribution in [0.25, 0.3) is 10.8 Å². The number of benzene rings is 2. The van der Waals surface area contributed by atoms with Crippen molar-refractivity contribution in [2.75, 3.05) is 26.2 Å². The van der Waals surface area contributed by atoms with Crippen molar-refractivity contribution < 1.29 is 4.79 Å². The zero-order chi connectivity index (χ0) is 18.6. The number of piperazine rings is 1. The molecule has 144 valence electrons. The molecule has 0 bridgehead atoms. The Balaban J connectivity index is 1.32. The highest BCUT2D eigenvalue weighted by Crippen LogP contribution is 2.21. The van der Waals surface area contributed by atoms with Crippen molar-refractivity contribution in [1.29, 1.82) is 0 Å². The zero-order valence-corrected chi connectivity index (χ0v) is 16.2. The molecule has 0 radical (unpaired) electrons. The number of nitrogens with one attached hydrogen (secondary N) is 2. The van der Waals surface area contributed by atoms with Crippen LogP contribution in [0.5, 0.6) is 0 Å². The number of hydrogen-bond acceptors (Lipinski definition) is 4. The summed E-state index contributed by atoms with van der Waals surface area (Å²) in [5.41, 5.74) is 7.86. The molecular weight excluding hydrogens is 336 g/mol. The third kappa shape index (κ3) is 4.15. The number of carbonyl (C=O) groups is 1. The largest absolute Gasteiger partial charge is 0.339 e. The van der Waals surface area contributed by atoms with E-state index in [2.05, 4.69) is 65.1 Å². The Bertz CT molecular complexity index is 779. The minimum atomic E-state index is -0.0637. The topological polar surface area (TPSA) is 47.6 Å². The summed E-state index contributed by atoms with van der Waals surface area (Å²) >= 11 is 0. The Labute approximate surface area is 161 Å². The van der Waals surface area contributed by atoms with Crippen LogP contribution >= 0.6 is 0 Å². The van der Waals surface area contributed by atoms with Gasteiger partial charge in [-0.25, -0.2) is 5.43 Å². The van der Waals surface area contributed by atoms with Gasteiger partial charge in [0, 0.05) is 38.8 Å². The lowest BCUT2D eigenvalue weighted by Gasteiger charge is -2.36. The number of hydrazine groups is 1. The fourth-order valence-corrected chi connectivity index (χ4v) is 4.34. The molecule has 2 heterocycles. The van der Waals surface area contributed by atoms with E-state index in [9.17, 15) is 4.79 Å². The predicted octanol–water partition coefficient (Wildman–Crippen LogP) is 2.52. The first kappa shape index (κ1) is 18.4. The second kappa shape index (κ2) is 8.38. The second-order valence-electron chi connectivity index (χ2n) is 7.80. The monoisotopic (exact) mass is 366 g/mol. The van der Waals surface area contributed by atoms with Crippen LogP contribution in [-0.4, -0.2) is 54.0 Å². The first-order valence-corrected chi connectivity index (χ1v) is 10.2. The van der Waals surface area contributed by atoms with Gasteiger partial charge in [-0.2, -0.15) is 0 Å². The van der Waals surface area contributed by atoms with Gasteiger partial charge in [0.05, 0.1) is 0 Å². The van der Waals surface area contributed by atoms with Crippen LogP contribution in [0, 0.1) is 0 Å². The molecule has 5 heteroatoms. The summed E-state index contributed by atoms with van der Waals surface area (Å²) in [5, 5.41) is 2.63. The van der Waals surface area contributed by atoms with E-state index in [-0.39, 0.29) is 11.9 Å². The maximum absolute atomic E-state index is 12.8. The standard InChI is InChI=1S/C22H30N4O/c1-2-6-19-15-21(24-23-19)22(27)26-13-11-25(12-14-26)16-18-9-5-8-17-7-3-4-10-20(17)18/h3-5,7-10,19,21,23-24H,2,6,11-16H2,1H3. The maximum atomic E-state index is 12.8. The van der Waals surface area contributed by atoms with E-state index >= 15 is 0 Å². The van der Waals surface area contributed by atoms with Crippen molar-refractivity contribution in [3.8, 4) is 0 Å². The van der Waals surface area contributed by atoms with E-state index in [0.29, 0.717) is 6.04 Å². The Morgan fingerprint density at radius 2 is 1.81 bits per heavy atom. The summed E-state index contributed by atoms with van der Waals surface area (Å²) in [7, 11) is 0. The van der Waals surface area contributed by atoms with Crippen LogP contribution in [0.2, 0.25) is 0 Å². The van der Waals surface area contributed by atoms with Crippen molar-refractivity contribution in [3.05, 3.63) is 48.0 Å². The Hall–Kier alpha value is -1.95. The smallest absolute Gasteiger partial charge is 0.241 e. The molecule has 2 aliphatic rings. The van der Waals surface area contributed by atoms with Crippen LogP contribution in [0.4, 0.5) is 0 Å². The maximum Gasteiger partial charge on any atom is 0.241 e. The molecule has 2 N–H and O–H groups in total. The fraction of sp³-hybridized carbons (Fsp3) is 0.500. The van der Waals surface area contributed by atoms with Gasteiger partial charge >= 0.3 is 0 Å². The Morgan fingerprint density at radius 3 is 2.63 bits per heavy atom. The average molecular weight is 367 g/mol. The SMILES string of the molecule is CCCC1CC(C(=O)N2CCN(Cc3cccc4ccccc34)CC2)NN1. The molecular formula is C22H30N4O. The normalized spacial score (nSPS) is 23.8. The third-order valence-electron chi connectivity index (χ3n) is 5.87. The number of nitrogens with zero attached hydrogens (tertiary/aromatic N) is 2. The van der Waals surface area contributed by atoms with Crippen molar-refractivity contribution in [3.63, 3.8) is 0 Å². The zero-order valence-electron chi connectivity index (χ0n) is 16.2. The Kier molecular flexibility index (Phi) is 5.72. The molecule has 2 unspecified atom stereocenters. The van der Waals surface area contributed by atoms with Gasteiger partial charge in [-0.05, 0) is 29.2 Å². The summed E-state index contributed by atoms with van der Waals surface area (Å²) < 4.78 is 0. The van der Waals surface area contributed by atoms with Crippen LogP contribution in [-0.2, 0) is 11.3 Å². The van der Waals surface area contributed by atoms with E-state index in [1.807, 2.05) is 4.90 Å². The molecule has 2 atom stereocenters. The van der Waals surface area contributed by atoms with Gasteiger partial charge in [0.1, 0.15) is 6.04 Å². The number of rotatable bonds is 5. The van der Waals surface area contributed by atoms with Gasteiger partial charge in [-0.15, -0.1) is 0 Å².